The molecule has 0 spiro atoms. The van der Waals surface area contributed by atoms with E-state index in [9.17, 15) is 14.7 Å². The van der Waals surface area contributed by atoms with Crippen LogP contribution in [0.5, 0.6) is 0 Å². The van der Waals surface area contributed by atoms with E-state index in [4.69, 9.17) is 9.47 Å². The molecule has 2 aromatic rings. The van der Waals surface area contributed by atoms with E-state index in [0.29, 0.717) is 36.9 Å². The van der Waals surface area contributed by atoms with Crippen LogP contribution in [0.2, 0.25) is 0 Å². The van der Waals surface area contributed by atoms with Crippen molar-refractivity contribution in [3.8, 4) is 11.1 Å². The van der Waals surface area contributed by atoms with Crippen LogP contribution in [0.25, 0.3) is 11.1 Å². The monoisotopic (exact) mass is 563 g/mol. The van der Waals surface area contributed by atoms with E-state index in [1.54, 1.807) is 17.8 Å². The summed E-state index contributed by atoms with van der Waals surface area (Å²) < 4.78 is 12.4. The van der Waals surface area contributed by atoms with Crippen LogP contribution in [0.15, 0.2) is 42.5 Å². The normalized spacial score (nSPS) is 15.3. The van der Waals surface area contributed by atoms with E-state index in [1.807, 2.05) is 63.4 Å². The van der Waals surface area contributed by atoms with Crippen LogP contribution in [-0.4, -0.2) is 53.8 Å². The van der Waals surface area contributed by atoms with Crippen LogP contribution < -0.4 is 24.2 Å². The number of benzene rings is 2. The quantitative estimate of drug-likeness (QED) is 0.319. The molecule has 1 aliphatic carbocycles. The third-order valence-corrected chi connectivity index (χ3v) is 8.04. The van der Waals surface area contributed by atoms with Crippen LogP contribution >= 0.6 is 11.8 Å². The first-order valence-electron chi connectivity index (χ1n) is 14.2. The Kier molecular flexibility index (Phi) is 15.4. The zero-order valence-corrected chi connectivity index (χ0v) is 25.7. The number of thioether (sulfide) groups is 1. The summed E-state index contributed by atoms with van der Waals surface area (Å²) in [6.45, 7) is 7.11. The van der Waals surface area contributed by atoms with Gasteiger partial charge in [-0.25, -0.2) is 4.79 Å². The molecule has 2 atom stereocenters. The minimum Gasteiger partial charge on any atom is -1.00 e. The molecule has 0 aromatic heterocycles. The minimum atomic E-state index is -1.02. The van der Waals surface area contributed by atoms with Crippen molar-refractivity contribution in [1.29, 1.82) is 0 Å². The Morgan fingerprint density at radius 2 is 1.80 bits per heavy atom. The van der Waals surface area contributed by atoms with E-state index < -0.39 is 12.0 Å². The SMILES string of the molecule is CSCCC(NC(=O)c1ccc(COC(COC(C)C)CC2CCCCC2)cc1-c1ccccc1C)C(=O)O.[H-].[Li+]. The van der Waals surface area contributed by atoms with Crippen molar-refractivity contribution in [2.45, 2.75) is 90.6 Å². The van der Waals surface area contributed by atoms with Gasteiger partial charge in [0.25, 0.3) is 5.91 Å². The van der Waals surface area contributed by atoms with Crippen molar-refractivity contribution >= 4 is 23.6 Å². The van der Waals surface area contributed by atoms with Gasteiger partial charge in [0.05, 0.1) is 25.4 Å². The molecule has 1 saturated carbocycles. The molecule has 8 heteroatoms. The van der Waals surface area contributed by atoms with Crippen LogP contribution in [-0.2, 0) is 20.9 Å². The average molecular weight is 564 g/mol. The topological polar surface area (TPSA) is 84.9 Å². The van der Waals surface area contributed by atoms with Gasteiger partial charge in [0.1, 0.15) is 6.04 Å². The van der Waals surface area contributed by atoms with Crippen LogP contribution in [0, 0.1) is 12.8 Å². The summed E-state index contributed by atoms with van der Waals surface area (Å²) in [7, 11) is 0. The maximum absolute atomic E-state index is 13.3. The average Bonchev–Trinajstić information content (AvgIpc) is 2.93. The molecule has 1 amide bonds. The summed E-state index contributed by atoms with van der Waals surface area (Å²) in [6, 6.07) is 12.7. The smallest absolute Gasteiger partial charge is 1.00 e. The van der Waals surface area contributed by atoms with E-state index >= 15 is 0 Å². The fourth-order valence-corrected chi connectivity index (χ4v) is 5.67. The van der Waals surface area contributed by atoms with E-state index in [2.05, 4.69) is 5.32 Å². The number of hydrogen-bond donors (Lipinski definition) is 2. The predicted octanol–water partition coefficient (Wildman–Crippen LogP) is 4.00. The number of rotatable bonds is 15. The number of carboxylic acids is 1. The largest absolute Gasteiger partial charge is 1.00 e. The van der Waals surface area contributed by atoms with Crippen molar-refractivity contribution in [3.05, 3.63) is 59.2 Å². The van der Waals surface area contributed by atoms with Crippen molar-refractivity contribution in [2.75, 3.05) is 18.6 Å². The van der Waals surface area contributed by atoms with E-state index in [1.165, 1.54) is 32.1 Å². The molecule has 0 radical (unpaired) electrons. The summed E-state index contributed by atoms with van der Waals surface area (Å²) in [5, 5.41) is 12.4. The first-order chi connectivity index (χ1) is 18.8. The Balaban J connectivity index is 0.00000420. The van der Waals surface area contributed by atoms with Gasteiger partial charge in [-0.3, -0.25) is 4.79 Å². The Labute approximate surface area is 258 Å². The Morgan fingerprint density at radius 1 is 1.07 bits per heavy atom. The second-order valence-corrected chi connectivity index (χ2v) is 11.9. The molecule has 40 heavy (non-hydrogen) atoms. The Bertz CT molecular complexity index is 1080. The van der Waals surface area contributed by atoms with Gasteiger partial charge in [0.2, 0.25) is 0 Å². The minimum absolute atomic E-state index is 0. The molecule has 0 saturated heterocycles. The molecule has 1 fully saturated rings. The number of carboxylic acid groups (broad SMARTS) is 1. The Morgan fingerprint density at radius 3 is 2.45 bits per heavy atom. The molecule has 0 heterocycles. The standard InChI is InChI=1S/C32H45NO5S.Li.H/c1-22(2)37-21-26(18-24-11-6-5-7-12-24)38-20-25-14-15-28(29(19-25)27-13-9-8-10-23(27)3)31(34)33-30(32(35)36)16-17-39-4;;/h8-10,13-15,19,22,24,26,30H,5-7,11-12,16-18,20-21H2,1-4H3,(H,33,34)(H,35,36);;/q;+1;-1. The molecule has 1 aliphatic rings. The molecular formula is C32H46LiNO5S. The van der Waals surface area contributed by atoms with Gasteiger partial charge in [-0.1, -0.05) is 62.4 Å². The van der Waals surface area contributed by atoms with Crippen molar-refractivity contribution < 1.29 is 44.5 Å². The van der Waals surface area contributed by atoms with Gasteiger partial charge in [-0.05, 0) is 85.9 Å². The third-order valence-electron chi connectivity index (χ3n) is 7.40. The summed E-state index contributed by atoms with van der Waals surface area (Å²) in [6.07, 6.45) is 9.92. The molecule has 2 unspecified atom stereocenters. The van der Waals surface area contributed by atoms with Crippen LogP contribution in [0.4, 0.5) is 0 Å². The second-order valence-electron chi connectivity index (χ2n) is 10.9. The number of carbonyl (C=O) groups excluding carboxylic acids is 1. The number of carbonyl (C=O) groups is 2. The van der Waals surface area contributed by atoms with Crippen molar-refractivity contribution in [2.24, 2.45) is 5.92 Å². The number of amides is 1. The zero-order chi connectivity index (χ0) is 28.2. The van der Waals surface area contributed by atoms with Gasteiger partial charge < -0.3 is 21.3 Å². The van der Waals surface area contributed by atoms with Crippen molar-refractivity contribution in [3.63, 3.8) is 0 Å². The number of hydrogen-bond acceptors (Lipinski definition) is 5. The number of nitrogens with one attached hydrogen (secondary N) is 1. The molecule has 3 rings (SSSR count). The molecule has 216 valence electrons. The van der Waals surface area contributed by atoms with Gasteiger partial charge in [0.15, 0.2) is 0 Å². The first-order valence-corrected chi connectivity index (χ1v) is 15.6. The molecule has 0 bridgehead atoms. The van der Waals surface area contributed by atoms with Gasteiger partial charge in [-0.2, -0.15) is 11.8 Å². The van der Waals surface area contributed by atoms with Gasteiger partial charge in [-0.15, -0.1) is 0 Å². The van der Waals surface area contributed by atoms with E-state index in [0.717, 1.165) is 28.7 Å². The van der Waals surface area contributed by atoms with Gasteiger partial charge >= 0.3 is 24.8 Å². The van der Waals surface area contributed by atoms with Gasteiger partial charge in [0, 0.05) is 5.56 Å². The zero-order valence-electron chi connectivity index (χ0n) is 25.9. The molecule has 2 N–H and O–H groups in total. The number of ether oxygens (including phenoxy) is 2. The van der Waals surface area contributed by atoms with Crippen LogP contribution in [0.1, 0.15) is 81.7 Å². The third kappa shape index (κ3) is 10.9. The number of aliphatic carboxylic acids is 1. The van der Waals surface area contributed by atoms with Crippen molar-refractivity contribution in [1.82, 2.24) is 5.32 Å². The predicted molar refractivity (Wildman–Crippen MR) is 160 cm³/mol. The summed E-state index contributed by atoms with van der Waals surface area (Å²) in [4.78, 5) is 25.1. The summed E-state index contributed by atoms with van der Waals surface area (Å²) >= 11 is 1.56. The molecule has 6 nitrogen and oxygen atoms in total. The molecule has 0 aliphatic heterocycles. The summed E-state index contributed by atoms with van der Waals surface area (Å²) in [5.41, 5.74) is 4.21. The fraction of sp³-hybridized carbons (Fsp3) is 0.562. The second kappa shape index (κ2) is 17.9. The maximum atomic E-state index is 13.3. The molecule has 2 aromatic carbocycles. The fourth-order valence-electron chi connectivity index (χ4n) is 5.20. The summed E-state index contributed by atoms with van der Waals surface area (Å²) in [5.74, 6) is -0.0654. The number of aryl methyl sites for hydroxylation is 1. The Hall–Kier alpha value is -1.75. The maximum Gasteiger partial charge on any atom is 1.00 e. The van der Waals surface area contributed by atoms with E-state index in [-0.39, 0.29) is 38.4 Å². The molecular weight excluding hydrogens is 517 g/mol. The van der Waals surface area contributed by atoms with Crippen LogP contribution in [0.3, 0.4) is 0 Å². The first kappa shape index (κ1) is 34.4.